The van der Waals surface area contributed by atoms with E-state index in [4.69, 9.17) is 4.74 Å². The van der Waals surface area contributed by atoms with Gasteiger partial charge in [-0.1, -0.05) is 49.6 Å². The average molecular weight is 325 g/mol. The first-order valence-corrected chi connectivity index (χ1v) is 8.41. The minimum Gasteiger partial charge on any atom is -0.494 e. The van der Waals surface area contributed by atoms with E-state index >= 15 is 0 Å². The van der Waals surface area contributed by atoms with Crippen molar-refractivity contribution < 1.29 is 4.74 Å². The lowest BCUT2D eigenvalue weighted by Crippen LogP contribution is -2.45. The minimum absolute atomic E-state index is 0.594. The Kier molecular flexibility index (Phi) is 7.30. The lowest BCUT2D eigenvalue weighted by Gasteiger charge is -2.33. The fraction of sp³-hybridized carbons (Fsp3) is 0.350. The molecule has 1 aliphatic heterocycles. The van der Waals surface area contributed by atoms with Gasteiger partial charge in [0.25, 0.3) is 0 Å². The number of benzene rings is 1. The third kappa shape index (κ3) is 5.70. The van der Waals surface area contributed by atoms with Crippen LogP contribution in [0.25, 0.3) is 0 Å². The summed E-state index contributed by atoms with van der Waals surface area (Å²) in [5.74, 6) is 0.609. The number of aliphatic imine (C=N–C) groups is 1. The first-order valence-electron chi connectivity index (χ1n) is 8.41. The van der Waals surface area contributed by atoms with E-state index in [1.807, 2.05) is 13.3 Å². The minimum atomic E-state index is 0.594. The van der Waals surface area contributed by atoms with E-state index in [0.717, 1.165) is 38.3 Å². The zero-order valence-corrected chi connectivity index (χ0v) is 14.5. The maximum absolute atomic E-state index is 5.38. The number of ether oxygens (including phenoxy) is 1. The van der Waals surface area contributed by atoms with E-state index in [1.54, 1.807) is 12.3 Å². The molecule has 0 atom stereocenters. The number of allylic oxidation sites excluding steroid dienone is 1. The van der Waals surface area contributed by atoms with Gasteiger partial charge in [0.05, 0.1) is 12.9 Å². The summed E-state index contributed by atoms with van der Waals surface area (Å²) in [6.45, 7) is 15.3. The van der Waals surface area contributed by atoms with Crippen molar-refractivity contribution in [3.05, 3.63) is 72.7 Å². The van der Waals surface area contributed by atoms with Crippen molar-refractivity contribution in [1.29, 1.82) is 0 Å². The summed E-state index contributed by atoms with van der Waals surface area (Å²) < 4.78 is 5.38. The van der Waals surface area contributed by atoms with Gasteiger partial charge in [0.1, 0.15) is 5.76 Å². The summed E-state index contributed by atoms with van der Waals surface area (Å²) in [4.78, 5) is 9.10. The third-order valence-corrected chi connectivity index (χ3v) is 3.96. The van der Waals surface area contributed by atoms with Crippen LogP contribution < -0.4 is 0 Å². The fourth-order valence-electron chi connectivity index (χ4n) is 2.58. The van der Waals surface area contributed by atoms with E-state index in [-0.39, 0.29) is 0 Å². The maximum atomic E-state index is 5.38. The molecule has 0 unspecified atom stereocenters. The van der Waals surface area contributed by atoms with Crippen molar-refractivity contribution in [1.82, 2.24) is 9.80 Å². The Balaban J connectivity index is 1.79. The van der Waals surface area contributed by atoms with Crippen LogP contribution >= 0.6 is 0 Å². The van der Waals surface area contributed by atoms with Crippen molar-refractivity contribution in [2.45, 2.75) is 13.5 Å². The number of hydrogen-bond acceptors (Lipinski definition) is 3. The number of hydrogen-bond donors (Lipinski definition) is 0. The average Bonchev–Trinajstić information content (AvgIpc) is 2.61. The van der Waals surface area contributed by atoms with Crippen LogP contribution in [0.1, 0.15) is 12.5 Å². The maximum Gasteiger partial charge on any atom is 0.120 e. The molecule has 24 heavy (non-hydrogen) atoms. The smallest absolute Gasteiger partial charge is 0.120 e. The van der Waals surface area contributed by atoms with Crippen LogP contribution in [0.4, 0.5) is 0 Å². The molecule has 1 aromatic rings. The Bertz CT molecular complexity index is 584. The van der Waals surface area contributed by atoms with Crippen LogP contribution in [0.2, 0.25) is 0 Å². The molecule has 0 spiro atoms. The molecule has 2 rings (SSSR count). The molecule has 1 aromatic carbocycles. The highest BCUT2D eigenvalue weighted by molar-refractivity contribution is 5.56. The van der Waals surface area contributed by atoms with E-state index in [0.29, 0.717) is 12.4 Å². The molecule has 0 saturated carbocycles. The second-order valence-electron chi connectivity index (χ2n) is 5.71. The zero-order chi connectivity index (χ0) is 17.2. The van der Waals surface area contributed by atoms with Crippen LogP contribution in [0.3, 0.4) is 0 Å². The standard InChI is InChI=1S/C20H27N3O/c1-4-20(18(3)24-5-2)15-21-17-23-13-11-22(12-14-23)16-19-9-7-6-8-10-19/h4,6-10,15,17H,1,3,5,11-14,16H2,2H3/b20-15+,21-17+. The molecule has 4 heteroatoms. The van der Waals surface area contributed by atoms with Crippen LogP contribution in [-0.4, -0.2) is 48.9 Å². The Morgan fingerprint density at radius 3 is 2.54 bits per heavy atom. The van der Waals surface area contributed by atoms with Gasteiger partial charge >= 0.3 is 0 Å². The molecule has 0 N–H and O–H groups in total. The quantitative estimate of drug-likeness (QED) is 0.317. The van der Waals surface area contributed by atoms with Crippen molar-refractivity contribution >= 4 is 6.34 Å². The largest absolute Gasteiger partial charge is 0.494 e. The summed E-state index contributed by atoms with van der Waals surface area (Å²) in [6.07, 6.45) is 5.36. The van der Waals surface area contributed by atoms with Crippen LogP contribution in [0, 0.1) is 0 Å². The molecule has 4 nitrogen and oxygen atoms in total. The molecule has 1 heterocycles. The molecule has 0 bridgehead atoms. The Morgan fingerprint density at radius 2 is 1.92 bits per heavy atom. The summed E-state index contributed by atoms with van der Waals surface area (Å²) in [5, 5.41) is 0. The molecule has 0 amide bonds. The van der Waals surface area contributed by atoms with Gasteiger partial charge < -0.3 is 9.64 Å². The predicted molar refractivity (Wildman–Crippen MR) is 101 cm³/mol. The SMILES string of the molecule is C=C/C(=C\N=C\N1CCN(Cc2ccccc2)CC1)C(=C)OCC. The van der Waals surface area contributed by atoms with Crippen molar-refractivity contribution in [2.24, 2.45) is 4.99 Å². The molecular formula is C20H27N3O. The molecule has 128 valence electrons. The summed E-state index contributed by atoms with van der Waals surface area (Å²) in [5.41, 5.74) is 2.18. The van der Waals surface area contributed by atoms with Gasteiger partial charge in [-0.25, -0.2) is 4.99 Å². The van der Waals surface area contributed by atoms with Crippen molar-refractivity contribution in [2.75, 3.05) is 32.8 Å². The topological polar surface area (TPSA) is 28.1 Å². The van der Waals surface area contributed by atoms with Gasteiger partial charge in [-0.05, 0) is 12.5 Å². The van der Waals surface area contributed by atoms with E-state index < -0.39 is 0 Å². The molecule has 0 aromatic heterocycles. The monoisotopic (exact) mass is 325 g/mol. The normalized spacial score (nSPS) is 16.4. The van der Waals surface area contributed by atoms with Crippen molar-refractivity contribution in [3.8, 4) is 0 Å². The summed E-state index contributed by atoms with van der Waals surface area (Å²) in [6, 6.07) is 10.6. The zero-order valence-electron chi connectivity index (χ0n) is 14.5. The second-order valence-corrected chi connectivity index (χ2v) is 5.71. The Hall–Kier alpha value is -2.33. The molecule has 0 aliphatic carbocycles. The van der Waals surface area contributed by atoms with Crippen LogP contribution in [-0.2, 0) is 11.3 Å². The van der Waals surface area contributed by atoms with Crippen LogP contribution in [0.5, 0.6) is 0 Å². The number of rotatable bonds is 8. The Labute approximate surface area is 145 Å². The van der Waals surface area contributed by atoms with Gasteiger partial charge in [0.2, 0.25) is 0 Å². The van der Waals surface area contributed by atoms with Gasteiger partial charge in [-0.15, -0.1) is 0 Å². The molecule has 1 saturated heterocycles. The molecular weight excluding hydrogens is 298 g/mol. The van der Waals surface area contributed by atoms with Gasteiger partial charge in [-0.2, -0.15) is 0 Å². The first kappa shape index (κ1) is 18.0. The highest BCUT2D eigenvalue weighted by Crippen LogP contribution is 2.11. The van der Waals surface area contributed by atoms with Crippen molar-refractivity contribution in [3.63, 3.8) is 0 Å². The highest BCUT2D eigenvalue weighted by atomic mass is 16.5. The highest BCUT2D eigenvalue weighted by Gasteiger charge is 2.14. The molecule has 1 fully saturated rings. The molecule has 0 radical (unpaired) electrons. The second kappa shape index (κ2) is 9.73. The third-order valence-electron chi connectivity index (χ3n) is 3.96. The first-order chi connectivity index (χ1) is 11.7. The Morgan fingerprint density at radius 1 is 1.21 bits per heavy atom. The summed E-state index contributed by atoms with van der Waals surface area (Å²) >= 11 is 0. The van der Waals surface area contributed by atoms with Crippen LogP contribution in [0.15, 0.2) is 72.1 Å². The predicted octanol–water partition coefficient (Wildman–Crippen LogP) is 3.45. The summed E-state index contributed by atoms with van der Waals surface area (Å²) in [7, 11) is 0. The van der Waals surface area contributed by atoms with E-state index in [1.165, 1.54) is 5.56 Å². The molecule has 1 aliphatic rings. The lowest BCUT2D eigenvalue weighted by atomic mass is 10.2. The van der Waals surface area contributed by atoms with E-state index in [9.17, 15) is 0 Å². The number of nitrogens with zero attached hydrogens (tertiary/aromatic N) is 3. The van der Waals surface area contributed by atoms with Gasteiger partial charge in [0, 0.05) is 44.5 Å². The number of piperazine rings is 1. The van der Waals surface area contributed by atoms with E-state index in [2.05, 4.69) is 58.3 Å². The fourth-order valence-corrected chi connectivity index (χ4v) is 2.58. The van der Waals surface area contributed by atoms with Gasteiger partial charge in [0.15, 0.2) is 0 Å². The lowest BCUT2D eigenvalue weighted by molar-refractivity contribution is 0.178. The van der Waals surface area contributed by atoms with Gasteiger partial charge in [-0.3, -0.25) is 4.90 Å².